The molecule has 0 unspecified atom stereocenters. The van der Waals surface area contributed by atoms with Gasteiger partial charge in [0, 0.05) is 24.8 Å². The Morgan fingerprint density at radius 1 is 1.08 bits per heavy atom. The number of ether oxygens (including phenoxy) is 1. The molecule has 3 rings (SSSR count). The molecule has 0 saturated carbocycles. The molecule has 1 heterocycles. The van der Waals surface area contributed by atoms with Crippen LogP contribution in [-0.2, 0) is 11.3 Å². The molecule has 0 fully saturated rings. The Morgan fingerprint density at radius 3 is 2.36 bits per heavy atom. The molecular formula is C27H31IN4O4. The molecule has 36 heavy (non-hydrogen) atoms. The smallest absolute Gasteiger partial charge is 0.410 e. The highest BCUT2D eigenvalue weighted by Crippen LogP contribution is 2.18. The van der Waals surface area contributed by atoms with E-state index < -0.39 is 11.3 Å². The monoisotopic (exact) mass is 602 g/mol. The van der Waals surface area contributed by atoms with Gasteiger partial charge in [0.1, 0.15) is 5.60 Å². The number of amides is 2. The van der Waals surface area contributed by atoms with E-state index in [2.05, 4.69) is 17.2 Å². The molecule has 0 aliphatic carbocycles. The van der Waals surface area contributed by atoms with Crippen LogP contribution in [0.5, 0.6) is 0 Å². The normalized spacial score (nSPS) is 11.1. The Morgan fingerprint density at radius 2 is 1.75 bits per heavy atom. The van der Waals surface area contributed by atoms with Gasteiger partial charge in [0.25, 0.3) is 5.91 Å². The Kier molecular flexibility index (Phi) is 9.25. The predicted molar refractivity (Wildman–Crippen MR) is 148 cm³/mol. The van der Waals surface area contributed by atoms with Crippen molar-refractivity contribution in [1.29, 1.82) is 0 Å². The van der Waals surface area contributed by atoms with E-state index in [1.165, 1.54) is 4.57 Å². The van der Waals surface area contributed by atoms with E-state index in [1.54, 1.807) is 35.4 Å². The van der Waals surface area contributed by atoms with Crippen LogP contribution in [0.15, 0.2) is 65.6 Å². The molecule has 0 bridgehead atoms. The molecule has 0 aliphatic heterocycles. The number of aromatic nitrogens is 2. The average molecular weight is 602 g/mol. The maximum atomic E-state index is 12.7. The van der Waals surface area contributed by atoms with Crippen molar-refractivity contribution in [2.75, 3.05) is 11.9 Å². The molecule has 0 atom stereocenters. The first-order chi connectivity index (χ1) is 17.1. The van der Waals surface area contributed by atoms with Gasteiger partial charge in [-0.15, -0.1) is 0 Å². The number of halogens is 1. The summed E-state index contributed by atoms with van der Waals surface area (Å²) in [5.41, 5.74) is 0.957. The van der Waals surface area contributed by atoms with E-state index in [0.29, 0.717) is 27.9 Å². The molecule has 1 N–H and O–H groups in total. The highest BCUT2D eigenvalue weighted by Gasteiger charge is 2.22. The molecule has 2 aromatic carbocycles. The van der Waals surface area contributed by atoms with Gasteiger partial charge >= 0.3 is 11.8 Å². The van der Waals surface area contributed by atoms with Crippen LogP contribution in [0.3, 0.4) is 0 Å². The number of carbonyl (C=O) groups is 2. The number of carbonyl (C=O) groups excluding carboxylic acids is 2. The second-order valence-electron chi connectivity index (χ2n) is 9.33. The highest BCUT2D eigenvalue weighted by atomic mass is 127. The van der Waals surface area contributed by atoms with Gasteiger partial charge in [-0.2, -0.15) is 4.98 Å². The summed E-state index contributed by atoms with van der Waals surface area (Å²) in [6.45, 7) is 8.64. The number of unbranched alkanes of at least 4 members (excludes halogenated alkanes) is 1. The summed E-state index contributed by atoms with van der Waals surface area (Å²) in [5.74, 6) is -0.119. The number of rotatable bonds is 8. The third-order valence-corrected chi connectivity index (χ3v) is 5.96. The fourth-order valence-electron chi connectivity index (χ4n) is 3.37. The van der Waals surface area contributed by atoms with Gasteiger partial charge in [-0.1, -0.05) is 43.7 Å². The van der Waals surface area contributed by atoms with E-state index in [1.807, 2.05) is 73.7 Å². The van der Waals surface area contributed by atoms with Crippen LogP contribution < -0.4 is 11.0 Å². The number of hydrogen-bond donors (Lipinski definition) is 1. The minimum Gasteiger partial charge on any atom is -0.444 e. The maximum absolute atomic E-state index is 12.7. The first-order valence-corrected chi connectivity index (χ1v) is 12.9. The summed E-state index contributed by atoms with van der Waals surface area (Å²) in [4.78, 5) is 43.6. The molecular weight excluding hydrogens is 571 g/mol. The SMILES string of the molecule is CCCCN(Cc1ccc(-n2cc(I)c(NC(=O)c3ccccc3)nc2=O)cc1)C(=O)OC(C)(C)C. The van der Waals surface area contributed by atoms with E-state index in [-0.39, 0.29) is 17.8 Å². The lowest BCUT2D eigenvalue weighted by Gasteiger charge is -2.27. The van der Waals surface area contributed by atoms with E-state index >= 15 is 0 Å². The van der Waals surface area contributed by atoms with Crippen molar-refractivity contribution in [3.05, 3.63) is 86.0 Å². The van der Waals surface area contributed by atoms with Gasteiger partial charge in [-0.05, 0) is 79.6 Å². The number of hydrogen-bond acceptors (Lipinski definition) is 5. The fraction of sp³-hybridized carbons (Fsp3) is 0.333. The number of anilines is 1. The number of nitrogens with one attached hydrogen (secondary N) is 1. The standard InChI is InChI=1S/C27H31IN4O4/c1-5-6-16-31(26(35)36-27(2,3)4)17-19-12-14-21(15-13-19)32-18-22(28)23(30-25(32)34)29-24(33)20-10-8-7-9-11-20/h7-15,18H,5-6,16-17H2,1-4H3,(H,29,30,33,34). The van der Waals surface area contributed by atoms with Crippen molar-refractivity contribution in [2.24, 2.45) is 0 Å². The van der Waals surface area contributed by atoms with Gasteiger partial charge in [0.2, 0.25) is 0 Å². The van der Waals surface area contributed by atoms with Crippen LogP contribution in [0.4, 0.5) is 10.6 Å². The molecule has 0 spiro atoms. The molecule has 190 valence electrons. The fourth-order valence-corrected chi connectivity index (χ4v) is 3.90. The molecule has 0 saturated heterocycles. The Labute approximate surface area is 224 Å². The zero-order valence-electron chi connectivity index (χ0n) is 21.0. The lowest BCUT2D eigenvalue weighted by atomic mass is 10.2. The summed E-state index contributed by atoms with van der Waals surface area (Å²) in [5, 5.41) is 2.70. The average Bonchev–Trinajstić information content (AvgIpc) is 2.83. The first-order valence-electron chi connectivity index (χ1n) is 11.8. The summed E-state index contributed by atoms with van der Waals surface area (Å²) in [6, 6.07) is 16.1. The second-order valence-corrected chi connectivity index (χ2v) is 10.5. The van der Waals surface area contributed by atoms with Crippen molar-refractivity contribution < 1.29 is 14.3 Å². The van der Waals surface area contributed by atoms with E-state index in [9.17, 15) is 14.4 Å². The van der Waals surface area contributed by atoms with Gasteiger partial charge in [-0.25, -0.2) is 9.59 Å². The van der Waals surface area contributed by atoms with Crippen LogP contribution in [0.2, 0.25) is 0 Å². The summed E-state index contributed by atoms with van der Waals surface area (Å²) in [7, 11) is 0. The highest BCUT2D eigenvalue weighted by molar-refractivity contribution is 14.1. The first kappa shape index (κ1) is 27.4. The van der Waals surface area contributed by atoms with Crippen LogP contribution in [-0.4, -0.2) is 38.6 Å². The van der Waals surface area contributed by atoms with Gasteiger partial charge < -0.3 is 15.0 Å². The third-order valence-electron chi connectivity index (χ3n) is 5.17. The van der Waals surface area contributed by atoms with Gasteiger partial charge in [0.05, 0.1) is 9.26 Å². The molecule has 0 radical (unpaired) electrons. The Bertz CT molecular complexity index is 1250. The van der Waals surface area contributed by atoms with E-state index in [4.69, 9.17) is 4.74 Å². The zero-order valence-corrected chi connectivity index (χ0v) is 23.1. The molecule has 8 nitrogen and oxygen atoms in total. The van der Waals surface area contributed by atoms with Crippen molar-refractivity contribution in [3.8, 4) is 5.69 Å². The molecule has 0 aliphatic rings. The van der Waals surface area contributed by atoms with Crippen LogP contribution >= 0.6 is 22.6 Å². The minimum atomic E-state index is -0.566. The van der Waals surface area contributed by atoms with Crippen LogP contribution in [0.1, 0.15) is 56.5 Å². The summed E-state index contributed by atoms with van der Waals surface area (Å²) in [6.07, 6.45) is 3.14. The lowest BCUT2D eigenvalue weighted by Crippen LogP contribution is -2.37. The molecule has 1 aromatic heterocycles. The predicted octanol–water partition coefficient (Wildman–Crippen LogP) is 5.63. The largest absolute Gasteiger partial charge is 0.444 e. The van der Waals surface area contributed by atoms with Crippen LogP contribution in [0, 0.1) is 3.57 Å². The lowest BCUT2D eigenvalue weighted by molar-refractivity contribution is 0.0231. The second kappa shape index (κ2) is 12.2. The van der Waals surface area contributed by atoms with Crippen molar-refractivity contribution in [3.63, 3.8) is 0 Å². The molecule has 9 heteroatoms. The Balaban J connectivity index is 1.76. The quantitative estimate of drug-likeness (QED) is 0.338. The number of benzene rings is 2. The zero-order chi connectivity index (χ0) is 26.3. The van der Waals surface area contributed by atoms with Crippen molar-refractivity contribution in [2.45, 2.75) is 52.7 Å². The maximum Gasteiger partial charge on any atom is 0.410 e. The summed E-state index contributed by atoms with van der Waals surface area (Å²) >= 11 is 2.04. The van der Waals surface area contributed by atoms with E-state index in [0.717, 1.165) is 18.4 Å². The Hall–Kier alpha value is -3.21. The summed E-state index contributed by atoms with van der Waals surface area (Å²) < 4.78 is 7.60. The van der Waals surface area contributed by atoms with Crippen molar-refractivity contribution >= 4 is 40.4 Å². The topological polar surface area (TPSA) is 93.5 Å². The number of nitrogens with zero attached hydrogens (tertiary/aromatic N) is 3. The minimum absolute atomic E-state index is 0.214. The van der Waals surface area contributed by atoms with Crippen molar-refractivity contribution in [1.82, 2.24) is 14.5 Å². The molecule has 3 aromatic rings. The third kappa shape index (κ3) is 7.64. The van der Waals surface area contributed by atoms with Gasteiger partial charge in [-0.3, -0.25) is 9.36 Å². The van der Waals surface area contributed by atoms with Gasteiger partial charge in [0.15, 0.2) is 5.82 Å². The van der Waals surface area contributed by atoms with Crippen LogP contribution in [0.25, 0.3) is 5.69 Å². The molecule has 2 amide bonds.